The Hall–Kier alpha value is -0.650. The fourth-order valence-electron chi connectivity index (χ4n) is 2.63. The van der Waals surface area contributed by atoms with E-state index in [4.69, 9.17) is 9.47 Å². The van der Waals surface area contributed by atoms with Gasteiger partial charge in [0.15, 0.2) is 0 Å². The van der Waals surface area contributed by atoms with Crippen LogP contribution in [-0.4, -0.2) is 62.5 Å². The number of carboxylic acids is 1. The van der Waals surface area contributed by atoms with Gasteiger partial charge < -0.3 is 14.6 Å². The van der Waals surface area contributed by atoms with Gasteiger partial charge in [-0.2, -0.15) is 0 Å². The summed E-state index contributed by atoms with van der Waals surface area (Å²) < 4.78 is 10.5. The molecule has 5 nitrogen and oxygen atoms in total. The fraction of sp³-hybridized carbons (Fsp3) is 0.929. The first-order valence-corrected chi connectivity index (χ1v) is 7.17. The Bertz CT molecular complexity index is 272. The molecular formula is C14H27NO4. The summed E-state index contributed by atoms with van der Waals surface area (Å²) in [5.74, 6) is -0.652. The smallest absolute Gasteiger partial charge is 0.310 e. The first-order chi connectivity index (χ1) is 9.14. The van der Waals surface area contributed by atoms with Crippen molar-refractivity contribution in [2.24, 2.45) is 5.41 Å². The van der Waals surface area contributed by atoms with Crippen LogP contribution in [0.1, 0.15) is 32.6 Å². The van der Waals surface area contributed by atoms with Crippen molar-refractivity contribution >= 4 is 5.97 Å². The molecule has 1 unspecified atom stereocenters. The topological polar surface area (TPSA) is 59.0 Å². The van der Waals surface area contributed by atoms with Crippen LogP contribution in [0.5, 0.6) is 0 Å². The lowest BCUT2D eigenvalue weighted by atomic mass is 9.78. The van der Waals surface area contributed by atoms with Crippen LogP contribution in [0.2, 0.25) is 0 Å². The van der Waals surface area contributed by atoms with Gasteiger partial charge in [-0.15, -0.1) is 0 Å². The van der Waals surface area contributed by atoms with Crippen LogP contribution in [0.25, 0.3) is 0 Å². The van der Waals surface area contributed by atoms with Gasteiger partial charge in [0.25, 0.3) is 0 Å². The molecule has 0 bridgehead atoms. The lowest BCUT2D eigenvalue weighted by molar-refractivity contribution is -0.153. The highest BCUT2D eigenvalue weighted by molar-refractivity contribution is 5.75. The molecule has 0 aromatic heterocycles. The molecule has 0 radical (unpaired) electrons. The Morgan fingerprint density at radius 1 is 1.37 bits per heavy atom. The highest BCUT2D eigenvalue weighted by atomic mass is 16.5. The summed E-state index contributed by atoms with van der Waals surface area (Å²) in [4.78, 5) is 13.6. The van der Waals surface area contributed by atoms with E-state index in [2.05, 4.69) is 4.90 Å². The van der Waals surface area contributed by atoms with Crippen LogP contribution < -0.4 is 0 Å². The van der Waals surface area contributed by atoms with Crippen molar-refractivity contribution in [3.8, 4) is 0 Å². The van der Waals surface area contributed by atoms with Crippen molar-refractivity contribution < 1.29 is 19.4 Å². The van der Waals surface area contributed by atoms with E-state index in [9.17, 15) is 9.90 Å². The monoisotopic (exact) mass is 273 g/mol. The molecule has 1 saturated heterocycles. The third kappa shape index (κ3) is 5.09. The van der Waals surface area contributed by atoms with E-state index in [0.29, 0.717) is 26.2 Å². The van der Waals surface area contributed by atoms with Gasteiger partial charge in [-0.3, -0.25) is 9.69 Å². The van der Waals surface area contributed by atoms with Crippen molar-refractivity contribution in [2.45, 2.75) is 32.6 Å². The second-order valence-electron chi connectivity index (χ2n) is 5.28. The summed E-state index contributed by atoms with van der Waals surface area (Å²) >= 11 is 0. The maximum absolute atomic E-state index is 11.4. The highest BCUT2D eigenvalue weighted by Gasteiger charge is 2.40. The van der Waals surface area contributed by atoms with Crippen LogP contribution in [0.15, 0.2) is 0 Å². The molecule has 0 aromatic carbocycles. The van der Waals surface area contributed by atoms with Crippen LogP contribution >= 0.6 is 0 Å². The van der Waals surface area contributed by atoms with Crippen LogP contribution in [0, 0.1) is 5.41 Å². The van der Waals surface area contributed by atoms with Crippen molar-refractivity contribution in [1.82, 2.24) is 4.90 Å². The summed E-state index contributed by atoms with van der Waals surface area (Å²) in [6.07, 6.45) is 3.37. The van der Waals surface area contributed by atoms with Gasteiger partial charge >= 0.3 is 5.97 Å². The van der Waals surface area contributed by atoms with Gasteiger partial charge in [-0.1, -0.05) is 6.92 Å². The zero-order valence-electron chi connectivity index (χ0n) is 12.2. The number of ether oxygens (including phenoxy) is 2. The number of rotatable bonds is 9. The van der Waals surface area contributed by atoms with E-state index in [1.807, 2.05) is 6.92 Å². The van der Waals surface area contributed by atoms with Crippen molar-refractivity contribution in [3.63, 3.8) is 0 Å². The molecule has 19 heavy (non-hydrogen) atoms. The Morgan fingerprint density at radius 3 is 2.79 bits per heavy atom. The minimum absolute atomic E-state index is 0.547. The molecule has 0 amide bonds. The van der Waals surface area contributed by atoms with E-state index in [1.165, 1.54) is 0 Å². The Balaban J connectivity index is 2.25. The van der Waals surface area contributed by atoms with Crippen molar-refractivity contribution in [1.29, 1.82) is 0 Å². The van der Waals surface area contributed by atoms with E-state index >= 15 is 0 Å². The van der Waals surface area contributed by atoms with Gasteiger partial charge in [0.05, 0.1) is 12.0 Å². The third-order valence-corrected chi connectivity index (χ3v) is 3.98. The summed E-state index contributed by atoms with van der Waals surface area (Å²) in [7, 11) is 1.68. The van der Waals surface area contributed by atoms with E-state index < -0.39 is 11.4 Å². The number of methoxy groups -OCH3 is 1. The quantitative estimate of drug-likeness (QED) is 0.647. The number of piperidine rings is 1. The molecule has 1 aliphatic rings. The predicted octanol–water partition coefficient (Wildman–Crippen LogP) is 1.62. The molecule has 1 aliphatic heterocycles. The van der Waals surface area contributed by atoms with Crippen LogP contribution in [0.4, 0.5) is 0 Å². The van der Waals surface area contributed by atoms with Gasteiger partial charge in [-0.25, -0.2) is 0 Å². The molecule has 0 spiro atoms. The SMILES string of the molecule is CCC1(C(=O)O)CCCN(CCOCCCOC)C1. The molecule has 1 heterocycles. The number of carbonyl (C=O) groups is 1. The molecule has 5 heteroatoms. The lowest BCUT2D eigenvalue weighted by Gasteiger charge is -2.39. The Kier molecular flexibility index (Phi) is 7.34. The van der Waals surface area contributed by atoms with E-state index in [1.54, 1.807) is 7.11 Å². The summed E-state index contributed by atoms with van der Waals surface area (Å²) in [5.41, 5.74) is -0.547. The number of hydrogen-bond donors (Lipinski definition) is 1. The van der Waals surface area contributed by atoms with Gasteiger partial charge in [0.1, 0.15) is 0 Å². The van der Waals surface area contributed by atoms with Crippen LogP contribution in [-0.2, 0) is 14.3 Å². The normalized spacial score (nSPS) is 24.5. The van der Waals surface area contributed by atoms with Gasteiger partial charge in [0, 0.05) is 33.4 Å². The predicted molar refractivity (Wildman–Crippen MR) is 73.3 cm³/mol. The second kappa shape index (κ2) is 8.51. The maximum Gasteiger partial charge on any atom is 0.310 e. The number of carboxylic acid groups (broad SMARTS) is 1. The second-order valence-corrected chi connectivity index (χ2v) is 5.28. The summed E-state index contributed by atoms with van der Waals surface area (Å²) in [6.45, 7) is 6.53. The average molecular weight is 273 g/mol. The lowest BCUT2D eigenvalue weighted by Crippen LogP contribution is -2.48. The highest BCUT2D eigenvalue weighted by Crippen LogP contribution is 2.33. The Labute approximate surface area is 115 Å². The van der Waals surface area contributed by atoms with Gasteiger partial charge in [0.2, 0.25) is 0 Å². The molecule has 1 fully saturated rings. The summed E-state index contributed by atoms with van der Waals surface area (Å²) in [5, 5.41) is 9.40. The van der Waals surface area contributed by atoms with Crippen molar-refractivity contribution in [3.05, 3.63) is 0 Å². The first kappa shape index (κ1) is 16.4. The number of aliphatic carboxylic acids is 1. The zero-order chi connectivity index (χ0) is 14.1. The minimum Gasteiger partial charge on any atom is -0.481 e. The molecule has 0 aromatic rings. The third-order valence-electron chi connectivity index (χ3n) is 3.98. The summed E-state index contributed by atoms with van der Waals surface area (Å²) in [6, 6.07) is 0. The molecular weight excluding hydrogens is 246 g/mol. The van der Waals surface area contributed by atoms with Crippen LogP contribution in [0.3, 0.4) is 0 Å². The largest absolute Gasteiger partial charge is 0.481 e. The molecule has 0 aliphatic carbocycles. The standard InChI is InChI=1S/C14H27NO4/c1-3-14(13(16)17)6-4-7-15(12-14)8-11-19-10-5-9-18-2/h3-12H2,1-2H3,(H,16,17). The van der Waals surface area contributed by atoms with Gasteiger partial charge in [-0.05, 0) is 32.2 Å². The number of likely N-dealkylation sites (tertiary alicyclic amines) is 1. The Morgan fingerprint density at radius 2 is 2.16 bits per heavy atom. The maximum atomic E-state index is 11.4. The molecule has 1 rings (SSSR count). The molecule has 1 N–H and O–H groups in total. The fourth-order valence-corrected chi connectivity index (χ4v) is 2.63. The minimum atomic E-state index is -0.652. The first-order valence-electron chi connectivity index (χ1n) is 7.17. The zero-order valence-corrected chi connectivity index (χ0v) is 12.2. The average Bonchev–Trinajstić information content (AvgIpc) is 2.42. The number of nitrogens with zero attached hydrogens (tertiary/aromatic N) is 1. The number of hydrogen-bond acceptors (Lipinski definition) is 4. The molecule has 112 valence electrons. The van der Waals surface area contributed by atoms with Crippen molar-refractivity contribution in [2.75, 3.05) is 46.6 Å². The van der Waals surface area contributed by atoms with E-state index in [0.717, 1.165) is 39.0 Å². The van der Waals surface area contributed by atoms with E-state index in [-0.39, 0.29) is 0 Å². The molecule has 0 saturated carbocycles. The molecule has 1 atom stereocenters.